The highest BCUT2D eigenvalue weighted by Crippen LogP contribution is 2.71. The van der Waals surface area contributed by atoms with E-state index in [-0.39, 0.29) is 21.7 Å². The standard InChI is InChI=1S/C44H48/c1-41(2,3)27-15-23-13-24-16-29(43(7,8)9)21-33-34-22-30(44(10,11)12)18-26-14-25-17-28(42(4,5)6)20-32-31(19-27)35(23)39(37(24)33)40(36(25)32)38(26)34/h13-22,39-40H,1-12H3. The fraction of sp³-hybridized carbons (Fsp3) is 0.409. The van der Waals surface area contributed by atoms with Crippen molar-refractivity contribution in [1.29, 1.82) is 0 Å². The van der Waals surface area contributed by atoms with Crippen molar-refractivity contribution in [3.05, 3.63) is 127 Å². The van der Waals surface area contributed by atoms with Gasteiger partial charge in [-0.25, -0.2) is 0 Å². The summed E-state index contributed by atoms with van der Waals surface area (Å²) in [5.74, 6) is 3.79. The van der Waals surface area contributed by atoms with Gasteiger partial charge in [-0.1, -0.05) is 101 Å². The van der Waals surface area contributed by atoms with Gasteiger partial charge in [0.05, 0.1) is 17.1 Å². The van der Waals surface area contributed by atoms with Crippen LogP contribution in [0.4, 0.5) is 0 Å². The van der Waals surface area contributed by atoms with Crippen molar-refractivity contribution in [2.75, 3.05) is 0 Å². The number of hydrogen-bond donors (Lipinski definition) is 0. The van der Waals surface area contributed by atoms with Crippen LogP contribution in [0, 0.1) is 22.7 Å². The molecule has 2 aromatic rings. The maximum atomic E-state index is 2.56. The number of fused-ring (bicyclic) bond motifs is 2. The van der Waals surface area contributed by atoms with Crippen LogP contribution in [0.5, 0.6) is 0 Å². The van der Waals surface area contributed by atoms with Gasteiger partial charge < -0.3 is 0 Å². The fourth-order valence-electron chi connectivity index (χ4n) is 8.48. The van der Waals surface area contributed by atoms with E-state index in [9.17, 15) is 0 Å². The normalized spacial score (nSPS) is 22.8. The molecule has 0 spiro atoms. The van der Waals surface area contributed by atoms with E-state index in [0.717, 1.165) is 0 Å². The predicted octanol–water partition coefficient (Wildman–Crippen LogP) is 11.9. The minimum Gasteiger partial charge on any atom is -0.122 e. The number of allylic oxidation sites excluding steroid dienone is 10. The molecule has 0 fully saturated rings. The van der Waals surface area contributed by atoms with Crippen molar-refractivity contribution < 1.29 is 0 Å². The van der Waals surface area contributed by atoms with Gasteiger partial charge in [-0.2, -0.15) is 0 Å². The Morgan fingerprint density at radius 2 is 1.11 bits per heavy atom. The Morgan fingerprint density at radius 1 is 0.545 bits per heavy atom. The van der Waals surface area contributed by atoms with Gasteiger partial charge in [0.15, 0.2) is 0 Å². The summed E-state index contributed by atoms with van der Waals surface area (Å²) < 4.78 is 0. The molecule has 0 nitrogen and oxygen atoms in total. The molecule has 0 heterocycles. The first-order valence-corrected chi connectivity index (χ1v) is 16.8. The zero-order chi connectivity index (χ0) is 31.5. The van der Waals surface area contributed by atoms with Crippen LogP contribution in [0.15, 0.2) is 70.9 Å². The summed E-state index contributed by atoms with van der Waals surface area (Å²) in [5.41, 5.74) is 20.7. The largest absolute Gasteiger partial charge is 0.122 e. The molecule has 44 heavy (non-hydrogen) atoms. The van der Waals surface area contributed by atoms with E-state index < -0.39 is 0 Å². The van der Waals surface area contributed by atoms with Gasteiger partial charge in [-0.15, -0.1) is 40.9 Å². The summed E-state index contributed by atoms with van der Waals surface area (Å²) in [6.45, 7) is 28.4. The molecule has 0 saturated carbocycles. The minimum absolute atomic E-state index is 0.0679. The molecule has 2 unspecified atom stereocenters. The highest BCUT2D eigenvalue weighted by molar-refractivity contribution is 6.04. The van der Waals surface area contributed by atoms with Crippen molar-refractivity contribution in [3.8, 4) is 0 Å². The van der Waals surface area contributed by atoms with E-state index in [4.69, 9.17) is 0 Å². The molecule has 0 saturated heterocycles. The van der Waals surface area contributed by atoms with Gasteiger partial charge >= 0.3 is 0 Å². The highest BCUT2D eigenvalue weighted by Gasteiger charge is 2.56. The van der Waals surface area contributed by atoms with Crippen LogP contribution in [0.25, 0.3) is 23.3 Å². The molecule has 0 amide bonds. The first-order chi connectivity index (χ1) is 20.3. The van der Waals surface area contributed by atoms with E-state index in [1.807, 2.05) is 0 Å². The van der Waals surface area contributed by atoms with Crippen molar-refractivity contribution in [2.24, 2.45) is 10.8 Å². The monoisotopic (exact) mass is 576 g/mol. The molecule has 0 radical (unpaired) electrons. The molecule has 2 atom stereocenters. The lowest BCUT2D eigenvalue weighted by molar-refractivity contribution is 0.509. The third-order valence-electron chi connectivity index (χ3n) is 11.1. The summed E-state index contributed by atoms with van der Waals surface area (Å²) in [6.07, 6.45) is 15.3. The van der Waals surface area contributed by atoms with Gasteiger partial charge in [-0.3, -0.25) is 0 Å². The number of hydrogen-bond acceptors (Lipinski definition) is 0. The minimum atomic E-state index is 0.0679. The van der Waals surface area contributed by atoms with Gasteiger partial charge in [-0.05, 0) is 56.2 Å². The lowest BCUT2D eigenvalue weighted by Gasteiger charge is -2.56. The van der Waals surface area contributed by atoms with Crippen molar-refractivity contribution in [1.82, 2.24) is 0 Å². The quantitative estimate of drug-likeness (QED) is 0.274. The van der Waals surface area contributed by atoms with Crippen molar-refractivity contribution in [2.45, 2.75) is 106 Å². The molecular formula is C44H48. The van der Waals surface area contributed by atoms with Crippen LogP contribution in [0.3, 0.4) is 0 Å². The van der Waals surface area contributed by atoms with Crippen LogP contribution in [0.1, 0.15) is 139 Å². The Hall–Kier alpha value is -3.38. The Kier molecular flexibility index (Phi) is 5.27. The SMILES string of the molecule is CC(C)(C)C1=CC2=Cc3cc(C(C)(C)C)cc4c3C3[C+]2C(=C1)c1cc(C(C)(C)C)cc2c1C3[C-]1C(=C2)C=C(C(C)(C)C)C=C41. The Labute approximate surface area is 266 Å². The second kappa shape index (κ2) is 8.25. The molecule has 0 N–H and O–H groups in total. The molecule has 2 aromatic carbocycles. The molecule has 8 rings (SSSR count). The van der Waals surface area contributed by atoms with Crippen LogP contribution in [-0.4, -0.2) is 0 Å². The van der Waals surface area contributed by atoms with Gasteiger partial charge in [0.1, 0.15) is 0 Å². The highest BCUT2D eigenvalue weighted by atomic mass is 14.6. The van der Waals surface area contributed by atoms with E-state index >= 15 is 0 Å². The van der Waals surface area contributed by atoms with Crippen LogP contribution < -0.4 is 0 Å². The van der Waals surface area contributed by atoms with Crippen LogP contribution >= 0.6 is 0 Å². The third-order valence-corrected chi connectivity index (χ3v) is 11.1. The summed E-state index contributed by atoms with van der Waals surface area (Å²) >= 11 is 0. The van der Waals surface area contributed by atoms with E-state index in [2.05, 4.69) is 144 Å². The molecule has 6 aliphatic carbocycles. The van der Waals surface area contributed by atoms with Crippen molar-refractivity contribution in [3.63, 3.8) is 0 Å². The molecule has 0 aliphatic heterocycles. The molecular weight excluding hydrogens is 528 g/mol. The molecule has 0 heteroatoms. The van der Waals surface area contributed by atoms with Gasteiger partial charge in [0, 0.05) is 52.2 Å². The molecule has 6 aliphatic rings. The lowest BCUT2D eigenvalue weighted by atomic mass is 9.47. The predicted molar refractivity (Wildman–Crippen MR) is 189 cm³/mol. The Morgan fingerprint density at radius 3 is 1.70 bits per heavy atom. The summed E-state index contributed by atoms with van der Waals surface area (Å²) in [4.78, 5) is 0. The molecule has 0 aromatic heterocycles. The van der Waals surface area contributed by atoms with Gasteiger partial charge in [0.25, 0.3) is 0 Å². The summed E-state index contributed by atoms with van der Waals surface area (Å²) in [7, 11) is 0. The maximum Gasteiger partial charge on any atom is 0.0849 e. The number of benzene rings is 2. The smallest absolute Gasteiger partial charge is 0.0849 e. The Bertz CT molecular complexity index is 1730. The Balaban J connectivity index is 1.55. The van der Waals surface area contributed by atoms with E-state index in [0.29, 0.717) is 11.8 Å². The van der Waals surface area contributed by atoms with Crippen LogP contribution in [-0.2, 0) is 10.8 Å². The molecule has 224 valence electrons. The second-order valence-corrected chi connectivity index (χ2v) is 18.4. The first kappa shape index (κ1) is 28.1. The van der Waals surface area contributed by atoms with E-state index in [1.54, 1.807) is 23.0 Å². The lowest BCUT2D eigenvalue weighted by Crippen LogP contribution is -2.41. The molecule has 0 bridgehead atoms. The average Bonchev–Trinajstić information content (AvgIpc) is 2.90. The van der Waals surface area contributed by atoms with Crippen LogP contribution in [0.2, 0.25) is 0 Å². The van der Waals surface area contributed by atoms with Gasteiger partial charge in [0.2, 0.25) is 0 Å². The first-order valence-electron chi connectivity index (χ1n) is 16.8. The van der Waals surface area contributed by atoms with Crippen molar-refractivity contribution >= 4 is 23.3 Å². The second-order valence-electron chi connectivity index (χ2n) is 18.4. The average molecular weight is 577 g/mol. The zero-order valence-corrected chi connectivity index (χ0v) is 28.9. The van der Waals surface area contributed by atoms with E-state index in [1.165, 1.54) is 66.8 Å². The summed E-state index contributed by atoms with van der Waals surface area (Å²) in [5, 5.41) is 0. The zero-order valence-electron chi connectivity index (χ0n) is 28.9. The third kappa shape index (κ3) is 3.76. The maximum absolute atomic E-state index is 2.56. The summed E-state index contributed by atoms with van der Waals surface area (Å²) in [6, 6.07) is 10.2. The fourth-order valence-corrected chi connectivity index (χ4v) is 8.48. The number of rotatable bonds is 0. The topological polar surface area (TPSA) is 0 Å².